The number of nitrogens with zero attached hydrogens (tertiary/aromatic N) is 3. The number of allylic oxidation sites excluding steroid dienone is 2. The Morgan fingerprint density at radius 3 is 2.41 bits per heavy atom. The van der Waals surface area contributed by atoms with E-state index in [4.69, 9.17) is 5.53 Å². The number of fused-ring (bicyclic) bond motifs is 1. The predicted molar refractivity (Wildman–Crippen MR) is 147 cm³/mol. The molecule has 3 aromatic carbocycles. The zero-order valence-corrected chi connectivity index (χ0v) is 21.3. The van der Waals surface area contributed by atoms with E-state index in [-0.39, 0.29) is 35.9 Å². The summed E-state index contributed by atoms with van der Waals surface area (Å²) in [4.78, 5) is 27.0. The summed E-state index contributed by atoms with van der Waals surface area (Å²) in [7, 11) is 0. The lowest BCUT2D eigenvalue weighted by Crippen LogP contribution is -2.22. The van der Waals surface area contributed by atoms with Crippen molar-refractivity contribution in [2.24, 2.45) is 5.11 Å². The molecule has 1 aliphatic rings. The molecule has 0 aromatic heterocycles. The standard InChI is InChI=1S/C28H23BrFN5O2/c29-15-28(37)34-24-8-5-19(6-9-24)16-32-27(36)13-22-12-21(25-10-7-23(30)14-26(22)25)11-18-1-3-20(4-2-18)17-33-35-31/h1-12,14H,13,15-17H2,(H,32,36)(H,34,37)/b21-11+. The van der Waals surface area contributed by atoms with Crippen LogP contribution in [0.25, 0.3) is 27.7 Å². The molecule has 0 unspecified atom stereocenters. The van der Waals surface area contributed by atoms with E-state index in [0.29, 0.717) is 17.8 Å². The Bertz CT molecular complexity index is 1430. The van der Waals surface area contributed by atoms with E-state index >= 15 is 0 Å². The van der Waals surface area contributed by atoms with E-state index in [0.717, 1.165) is 33.4 Å². The fraction of sp³-hybridized carbons (Fsp3) is 0.143. The molecule has 0 saturated carbocycles. The monoisotopic (exact) mass is 559 g/mol. The van der Waals surface area contributed by atoms with Crippen molar-refractivity contribution in [2.75, 3.05) is 10.6 Å². The summed E-state index contributed by atoms with van der Waals surface area (Å²) in [6.45, 7) is 0.617. The molecule has 0 fully saturated rings. The summed E-state index contributed by atoms with van der Waals surface area (Å²) in [5.74, 6) is -0.680. The van der Waals surface area contributed by atoms with Crippen LogP contribution < -0.4 is 10.6 Å². The highest BCUT2D eigenvalue weighted by Crippen LogP contribution is 2.38. The number of carbonyl (C=O) groups excluding carboxylic acids is 2. The topological polar surface area (TPSA) is 107 Å². The van der Waals surface area contributed by atoms with Gasteiger partial charge in [-0.25, -0.2) is 4.39 Å². The highest BCUT2D eigenvalue weighted by molar-refractivity contribution is 9.09. The van der Waals surface area contributed by atoms with Crippen molar-refractivity contribution in [1.82, 2.24) is 5.32 Å². The second kappa shape index (κ2) is 12.2. The van der Waals surface area contributed by atoms with E-state index in [9.17, 15) is 14.0 Å². The first-order valence-electron chi connectivity index (χ1n) is 11.5. The zero-order valence-electron chi connectivity index (χ0n) is 19.7. The minimum Gasteiger partial charge on any atom is -0.352 e. The number of amides is 2. The molecule has 2 amide bonds. The predicted octanol–water partition coefficient (Wildman–Crippen LogP) is 6.61. The molecule has 4 rings (SSSR count). The Morgan fingerprint density at radius 1 is 0.973 bits per heavy atom. The summed E-state index contributed by atoms with van der Waals surface area (Å²) in [5.41, 5.74) is 15.1. The zero-order chi connectivity index (χ0) is 26.2. The van der Waals surface area contributed by atoms with E-state index in [1.54, 1.807) is 18.2 Å². The van der Waals surface area contributed by atoms with Gasteiger partial charge in [0.05, 0.1) is 18.3 Å². The Labute approximate surface area is 221 Å². The summed E-state index contributed by atoms with van der Waals surface area (Å²) >= 11 is 3.11. The third kappa shape index (κ3) is 6.94. The number of anilines is 1. The summed E-state index contributed by atoms with van der Waals surface area (Å²) in [5, 5.41) is 9.44. The largest absolute Gasteiger partial charge is 0.352 e. The van der Waals surface area contributed by atoms with E-state index in [2.05, 4.69) is 36.6 Å². The number of alkyl halides is 1. The van der Waals surface area contributed by atoms with Crippen molar-refractivity contribution in [1.29, 1.82) is 0 Å². The average molecular weight is 560 g/mol. The van der Waals surface area contributed by atoms with Crippen LogP contribution in [0.3, 0.4) is 0 Å². The number of hydrogen-bond donors (Lipinski definition) is 2. The lowest BCUT2D eigenvalue weighted by atomic mass is 10.0. The maximum atomic E-state index is 14.1. The first kappa shape index (κ1) is 25.9. The number of rotatable bonds is 9. The highest BCUT2D eigenvalue weighted by Gasteiger charge is 2.21. The van der Waals surface area contributed by atoms with Crippen LogP contribution in [-0.4, -0.2) is 17.1 Å². The molecule has 3 aromatic rings. The van der Waals surface area contributed by atoms with Crippen molar-refractivity contribution in [2.45, 2.75) is 19.5 Å². The number of nitrogens with one attached hydrogen (secondary N) is 2. The van der Waals surface area contributed by atoms with Crippen LogP contribution >= 0.6 is 15.9 Å². The van der Waals surface area contributed by atoms with Gasteiger partial charge in [-0.15, -0.1) is 0 Å². The van der Waals surface area contributed by atoms with Crippen molar-refractivity contribution < 1.29 is 14.0 Å². The average Bonchev–Trinajstić information content (AvgIpc) is 3.23. The number of benzene rings is 3. The smallest absolute Gasteiger partial charge is 0.235 e. The van der Waals surface area contributed by atoms with Gasteiger partial charge in [0.25, 0.3) is 0 Å². The molecule has 1 aliphatic carbocycles. The lowest BCUT2D eigenvalue weighted by Gasteiger charge is -2.09. The number of carbonyl (C=O) groups is 2. The van der Waals surface area contributed by atoms with Gasteiger partial charge in [0, 0.05) is 17.1 Å². The Kier molecular flexibility index (Phi) is 8.51. The van der Waals surface area contributed by atoms with Gasteiger partial charge in [-0.1, -0.05) is 63.5 Å². The molecule has 0 aliphatic heterocycles. The molecular weight excluding hydrogens is 537 g/mol. The molecular formula is C28H23BrFN5O2. The van der Waals surface area contributed by atoms with Crippen molar-refractivity contribution in [3.05, 3.63) is 117 Å². The SMILES string of the molecule is [N-]=[N+]=NCc1ccc(/C=C2\C=C(CC(=O)NCc3ccc(NC(=O)CBr)cc3)c3cc(F)ccc32)cc1. The highest BCUT2D eigenvalue weighted by atomic mass is 79.9. The van der Waals surface area contributed by atoms with Crippen LogP contribution in [0.5, 0.6) is 0 Å². The molecule has 0 radical (unpaired) electrons. The molecule has 0 spiro atoms. The molecule has 0 atom stereocenters. The second-order valence-electron chi connectivity index (χ2n) is 8.42. The number of halogens is 2. The van der Waals surface area contributed by atoms with Gasteiger partial charge in [-0.2, -0.15) is 0 Å². The Morgan fingerprint density at radius 2 is 1.70 bits per heavy atom. The molecule has 2 N–H and O–H groups in total. The number of hydrogen-bond acceptors (Lipinski definition) is 3. The second-order valence-corrected chi connectivity index (χ2v) is 8.98. The first-order valence-corrected chi connectivity index (χ1v) is 12.6. The van der Waals surface area contributed by atoms with Gasteiger partial charge in [0.1, 0.15) is 5.82 Å². The minimum atomic E-state index is -0.360. The van der Waals surface area contributed by atoms with Crippen LogP contribution in [0.1, 0.15) is 34.2 Å². The summed E-state index contributed by atoms with van der Waals surface area (Å²) in [6, 6.07) is 19.5. The van der Waals surface area contributed by atoms with Crippen LogP contribution in [0.2, 0.25) is 0 Å². The molecule has 0 saturated heterocycles. The Hall–Kier alpha value is -4.20. The van der Waals surface area contributed by atoms with Crippen molar-refractivity contribution >= 4 is 50.7 Å². The van der Waals surface area contributed by atoms with Crippen LogP contribution in [0.15, 0.2) is 77.9 Å². The van der Waals surface area contributed by atoms with Gasteiger partial charge in [0.15, 0.2) is 0 Å². The summed E-state index contributed by atoms with van der Waals surface area (Å²) in [6.07, 6.45) is 4.01. The number of azide groups is 1. The fourth-order valence-electron chi connectivity index (χ4n) is 3.99. The fourth-order valence-corrected chi connectivity index (χ4v) is 4.13. The summed E-state index contributed by atoms with van der Waals surface area (Å²) < 4.78 is 14.1. The maximum absolute atomic E-state index is 14.1. The maximum Gasteiger partial charge on any atom is 0.235 e. The van der Waals surface area contributed by atoms with Gasteiger partial charge in [-0.3, -0.25) is 9.59 Å². The van der Waals surface area contributed by atoms with Crippen molar-refractivity contribution in [3.63, 3.8) is 0 Å². The van der Waals surface area contributed by atoms with E-state index in [1.807, 2.05) is 48.6 Å². The quantitative estimate of drug-likeness (QED) is 0.133. The molecule has 0 heterocycles. The molecule has 0 bridgehead atoms. The first-order chi connectivity index (χ1) is 17.9. The Balaban J connectivity index is 1.45. The van der Waals surface area contributed by atoms with Gasteiger partial charge >= 0.3 is 0 Å². The van der Waals surface area contributed by atoms with Gasteiger partial charge in [0.2, 0.25) is 11.8 Å². The van der Waals surface area contributed by atoms with Crippen LogP contribution in [0, 0.1) is 5.82 Å². The third-order valence-electron chi connectivity index (χ3n) is 5.79. The van der Waals surface area contributed by atoms with Crippen molar-refractivity contribution in [3.8, 4) is 0 Å². The van der Waals surface area contributed by atoms with Crippen LogP contribution in [0.4, 0.5) is 10.1 Å². The lowest BCUT2D eigenvalue weighted by molar-refractivity contribution is -0.120. The van der Waals surface area contributed by atoms with Gasteiger partial charge < -0.3 is 10.6 Å². The van der Waals surface area contributed by atoms with Crippen LogP contribution in [-0.2, 0) is 22.7 Å². The van der Waals surface area contributed by atoms with Gasteiger partial charge in [-0.05, 0) is 80.9 Å². The molecule has 9 heteroatoms. The molecule has 37 heavy (non-hydrogen) atoms. The van der Waals surface area contributed by atoms with E-state index < -0.39 is 0 Å². The minimum absolute atomic E-state index is 0.109. The van der Waals surface area contributed by atoms with E-state index in [1.165, 1.54) is 12.1 Å². The molecule has 186 valence electrons. The third-order valence-corrected chi connectivity index (χ3v) is 6.30. The molecule has 7 nitrogen and oxygen atoms in total. The normalized spacial score (nSPS) is 12.9.